The molecule has 1 fully saturated rings. The van der Waals surface area contributed by atoms with Crippen LogP contribution in [-0.4, -0.2) is 37.1 Å². The third-order valence-electron chi connectivity index (χ3n) is 2.56. The van der Waals surface area contributed by atoms with Crippen LogP contribution in [0, 0.1) is 5.92 Å². The van der Waals surface area contributed by atoms with Gasteiger partial charge in [-0.15, -0.1) is 0 Å². The van der Waals surface area contributed by atoms with Gasteiger partial charge in [-0.2, -0.15) is 0 Å². The van der Waals surface area contributed by atoms with Gasteiger partial charge in [0.25, 0.3) is 0 Å². The maximum absolute atomic E-state index is 11.2. The van der Waals surface area contributed by atoms with Crippen molar-refractivity contribution >= 4 is 5.97 Å². The summed E-state index contributed by atoms with van der Waals surface area (Å²) in [6.07, 6.45) is 2.38. The summed E-state index contributed by atoms with van der Waals surface area (Å²) >= 11 is 0. The lowest BCUT2D eigenvalue weighted by Crippen LogP contribution is -2.31. The minimum Gasteiger partial charge on any atom is -0.464 e. The molecule has 3 nitrogen and oxygen atoms in total. The molecule has 3 heteroatoms. The summed E-state index contributed by atoms with van der Waals surface area (Å²) in [6, 6.07) is 0.447. The van der Waals surface area contributed by atoms with Crippen LogP contribution in [0.3, 0.4) is 0 Å². The number of carbonyl (C=O) groups excluding carboxylic acids is 1. The van der Waals surface area contributed by atoms with Crippen LogP contribution < -0.4 is 0 Å². The van der Waals surface area contributed by atoms with Gasteiger partial charge in [0.1, 0.15) is 6.61 Å². The highest BCUT2D eigenvalue weighted by molar-refractivity contribution is 5.71. The second kappa shape index (κ2) is 4.61. The Balaban J connectivity index is 2.22. The average Bonchev–Trinajstić information content (AvgIpc) is 2.47. The SMILES string of the molecule is CC(C)C(=O)OCC1CCCN1C. The fourth-order valence-electron chi connectivity index (χ4n) is 1.53. The van der Waals surface area contributed by atoms with Crippen LogP contribution in [0.15, 0.2) is 0 Å². The van der Waals surface area contributed by atoms with Crippen molar-refractivity contribution in [2.75, 3.05) is 20.2 Å². The predicted molar refractivity (Wildman–Crippen MR) is 51.4 cm³/mol. The van der Waals surface area contributed by atoms with Gasteiger partial charge in [0, 0.05) is 6.04 Å². The molecule has 0 spiro atoms. The summed E-state index contributed by atoms with van der Waals surface area (Å²) in [4.78, 5) is 13.4. The van der Waals surface area contributed by atoms with E-state index in [-0.39, 0.29) is 11.9 Å². The van der Waals surface area contributed by atoms with Gasteiger partial charge in [-0.3, -0.25) is 4.79 Å². The first-order valence-corrected chi connectivity index (χ1v) is 4.98. The van der Waals surface area contributed by atoms with E-state index >= 15 is 0 Å². The van der Waals surface area contributed by atoms with E-state index in [2.05, 4.69) is 11.9 Å². The van der Waals surface area contributed by atoms with E-state index in [1.54, 1.807) is 0 Å². The van der Waals surface area contributed by atoms with Gasteiger partial charge in [-0.25, -0.2) is 0 Å². The van der Waals surface area contributed by atoms with E-state index in [4.69, 9.17) is 4.74 Å². The Hall–Kier alpha value is -0.570. The largest absolute Gasteiger partial charge is 0.464 e. The van der Waals surface area contributed by atoms with Crippen molar-refractivity contribution in [1.82, 2.24) is 4.90 Å². The van der Waals surface area contributed by atoms with Gasteiger partial charge in [-0.1, -0.05) is 13.8 Å². The minimum absolute atomic E-state index is 0.00768. The molecule has 1 unspecified atom stereocenters. The Morgan fingerprint density at radius 2 is 2.31 bits per heavy atom. The van der Waals surface area contributed by atoms with Crippen LogP contribution in [-0.2, 0) is 9.53 Å². The molecular weight excluding hydrogens is 166 g/mol. The first-order chi connectivity index (χ1) is 6.11. The van der Waals surface area contributed by atoms with Crippen LogP contribution in [0.5, 0.6) is 0 Å². The lowest BCUT2D eigenvalue weighted by atomic mass is 10.2. The summed E-state index contributed by atoms with van der Waals surface area (Å²) in [6.45, 7) is 5.42. The molecule has 0 aliphatic carbocycles. The topological polar surface area (TPSA) is 29.5 Å². The average molecular weight is 185 g/mol. The van der Waals surface area contributed by atoms with Crippen molar-refractivity contribution in [2.24, 2.45) is 5.92 Å². The monoisotopic (exact) mass is 185 g/mol. The van der Waals surface area contributed by atoms with Crippen molar-refractivity contribution in [3.05, 3.63) is 0 Å². The Bertz CT molecular complexity index is 180. The maximum atomic E-state index is 11.2. The van der Waals surface area contributed by atoms with Crippen molar-refractivity contribution in [3.63, 3.8) is 0 Å². The van der Waals surface area contributed by atoms with E-state index in [0.717, 1.165) is 13.0 Å². The fourth-order valence-corrected chi connectivity index (χ4v) is 1.53. The van der Waals surface area contributed by atoms with Gasteiger partial charge < -0.3 is 9.64 Å². The zero-order valence-corrected chi connectivity index (χ0v) is 8.75. The highest BCUT2D eigenvalue weighted by atomic mass is 16.5. The van der Waals surface area contributed by atoms with E-state index in [0.29, 0.717) is 12.6 Å². The van der Waals surface area contributed by atoms with Crippen molar-refractivity contribution in [3.8, 4) is 0 Å². The Kier molecular flexibility index (Phi) is 3.72. The molecule has 1 rings (SSSR count). The van der Waals surface area contributed by atoms with Crippen molar-refractivity contribution < 1.29 is 9.53 Å². The summed E-state index contributed by atoms with van der Waals surface area (Å²) in [7, 11) is 2.08. The molecule has 1 atom stereocenters. The second-order valence-electron chi connectivity index (χ2n) is 4.06. The number of likely N-dealkylation sites (tertiary alicyclic amines) is 1. The van der Waals surface area contributed by atoms with Crippen LogP contribution in [0.1, 0.15) is 26.7 Å². The molecule has 0 bridgehead atoms. The Labute approximate surface area is 80.1 Å². The predicted octanol–water partition coefficient (Wildman–Crippen LogP) is 1.28. The molecule has 0 saturated carbocycles. The zero-order chi connectivity index (χ0) is 9.84. The van der Waals surface area contributed by atoms with Gasteiger partial charge in [-0.05, 0) is 26.4 Å². The van der Waals surface area contributed by atoms with Crippen LogP contribution in [0.25, 0.3) is 0 Å². The highest BCUT2D eigenvalue weighted by Crippen LogP contribution is 2.15. The summed E-state index contributed by atoms with van der Waals surface area (Å²) in [5.41, 5.74) is 0. The van der Waals surface area contributed by atoms with Gasteiger partial charge in [0.05, 0.1) is 5.92 Å². The normalized spacial score (nSPS) is 23.8. The number of hydrogen-bond acceptors (Lipinski definition) is 3. The molecule has 1 aliphatic heterocycles. The quantitative estimate of drug-likeness (QED) is 0.620. The molecule has 76 valence electrons. The lowest BCUT2D eigenvalue weighted by Gasteiger charge is -2.19. The summed E-state index contributed by atoms with van der Waals surface area (Å²) in [5.74, 6) is -0.0907. The number of likely N-dealkylation sites (N-methyl/N-ethyl adjacent to an activating group) is 1. The Morgan fingerprint density at radius 1 is 1.62 bits per heavy atom. The van der Waals surface area contributed by atoms with E-state index in [9.17, 15) is 4.79 Å². The van der Waals surface area contributed by atoms with E-state index < -0.39 is 0 Å². The zero-order valence-electron chi connectivity index (χ0n) is 8.75. The molecule has 0 aromatic heterocycles. The molecule has 0 aromatic rings. The molecule has 0 radical (unpaired) electrons. The molecule has 0 amide bonds. The number of ether oxygens (including phenoxy) is 1. The molecule has 13 heavy (non-hydrogen) atoms. The molecule has 1 heterocycles. The maximum Gasteiger partial charge on any atom is 0.308 e. The number of esters is 1. The smallest absolute Gasteiger partial charge is 0.308 e. The third-order valence-corrected chi connectivity index (χ3v) is 2.56. The molecule has 0 N–H and O–H groups in total. The lowest BCUT2D eigenvalue weighted by molar-refractivity contribution is -0.148. The summed E-state index contributed by atoms with van der Waals surface area (Å²) < 4.78 is 5.18. The van der Waals surface area contributed by atoms with Crippen LogP contribution >= 0.6 is 0 Å². The first kappa shape index (κ1) is 10.5. The van der Waals surface area contributed by atoms with Crippen LogP contribution in [0.4, 0.5) is 0 Å². The minimum atomic E-state index is -0.0831. The molecular formula is C10H19NO2. The van der Waals surface area contributed by atoms with Crippen LogP contribution in [0.2, 0.25) is 0 Å². The Morgan fingerprint density at radius 3 is 2.77 bits per heavy atom. The number of hydrogen-bond donors (Lipinski definition) is 0. The van der Waals surface area contributed by atoms with E-state index in [1.165, 1.54) is 6.42 Å². The van der Waals surface area contributed by atoms with Gasteiger partial charge in [0.2, 0.25) is 0 Å². The number of carbonyl (C=O) groups is 1. The van der Waals surface area contributed by atoms with Gasteiger partial charge >= 0.3 is 5.97 Å². The third kappa shape index (κ3) is 2.99. The van der Waals surface area contributed by atoms with E-state index in [1.807, 2.05) is 13.8 Å². The summed E-state index contributed by atoms with van der Waals surface area (Å²) in [5, 5.41) is 0. The molecule has 1 saturated heterocycles. The standard InChI is InChI=1S/C10H19NO2/c1-8(2)10(12)13-7-9-5-4-6-11(9)3/h8-9H,4-7H2,1-3H3. The molecule has 1 aliphatic rings. The molecule has 0 aromatic carbocycles. The highest BCUT2D eigenvalue weighted by Gasteiger charge is 2.22. The van der Waals surface area contributed by atoms with Gasteiger partial charge in [0.15, 0.2) is 0 Å². The first-order valence-electron chi connectivity index (χ1n) is 4.98. The number of nitrogens with zero attached hydrogens (tertiary/aromatic N) is 1. The number of rotatable bonds is 3. The second-order valence-corrected chi connectivity index (χ2v) is 4.06. The van der Waals surface area contributed by atoms with Crippen molar-refractivity contribution in [1.29, 1.82) is 0 Å². The fraction of sp³-hybridized carbons (Fsp3) is 0.900. The van der Waals surface area contributed by atoms with Crippen molar-refractivity contribution in [2.45, 2.75) is 32.7 Å².